The Kier molecular flexibility index (Phi) is 7.82. The molecule has 44 heavy (non-hydrogen) atoms. The summed E-state index contributed by atoms with van der Waals surface area (Å²) in [7, 11) is 0. The van der Waals surface area contributed by atoms with Crippen molar-refractivity contribution in [3.05, 3.63) is 159 Å². The molecule has 0 radical (unpaired) electrons. The third-order valence-electron chi connectivity index (χ3n) is 10.3. The van der Waals surface area contributed by atoms with Gasteiger partial charge in [-0.05, 0) is 0 Å². The third-order valence-corrected chi connectivity index (χ3v) is 34.0. The quantitative estimate of drug-likeness (QED) is 0.124. The maximum absolute atomic E-state index is 5.67. The second-order valence-electron chi connectivity index (χ2n) is 12.5. The van der Waals surface area contributed by atoms with Crippen molar-refractivity contribution in [3.63, 3.8) is 0 Å². The summed E-state index contributed by atoms with van der Waals surface area (Å²) in [4.78, 5) is 0. The van der Waals surface area contributed by atoms with Crippen LogP contribution >= 0.6 is 24.8 Å². The van der Waals surface area contributed by atoms with E-state index in [0.29, 0.717) is 0 Å². The monoisotopic (exact) mass is 778 g/mol. The Morgan fingerprint density at radius 1 is 0.614 bits per heavy atom. The summed E-state index contributed by atoms with van der Waals surface area (Å²) >= 11 is -4.93. The second-order valence-corrected chi connectivity index (χ2v) is 31.3. The summed E-state index contributed by atoms with van der Waals surface area (Å²) in [5, 5.41) is 5.48. The van der Waals surface area contributed by atoms with Gasteiger partial charge in [-0.1, -0.05) is 0 Å². The molecule has 6 aromatic carbocycles. The van der Waals surface area contributed by atoms with Crippen molar-refractivity contribution >= 4 is 60.6 Å². The van der Waals surface area contributed by atoms with Gasteiger partial charge in [-0.3, -0.25) is 0 Å². The molecule has 2 aliphatic rings. The fraction of sp³-hybridized carbons (Fsp3) is 0.0976. The van der Waals surface area contributed by atoms with Gasteiger partial charge in [-0.2, -0.15) is 0 Å². The minimum atomic E-state index is -4.93. The van der Waals surface area contributed by atoms with E-state index in [1.807, 2.05) is 0 Å². The van der Waals surface area contributed by atoms with Gasteiger partial charge in [0.1, 0.15) is 0 Å². The van der Waals surface area contributed by atoms with E-state index in [4.69, 9.17) is 4.26 Å². The van der Waals surface area contributed by atoms with Crippen molar-refractivity contribution in [3.8, 4) is 11.1 Å². The summed E-state index contributed by atoms with van der Waals surface area (Å²) in [6, 6.07) is 44.0. The van der Waals surface area contributed by atoms with E-state index < -0.39 is 18.0 Å². The molecule has 0 aliphatic heterocycles. The number of hydrogen-bond donors (Lipinski definition) is 0. The average Bonchev–Trinajstić information content (AvgIpc) is 3.71. The van der Waals surface area contributed by atoms with Gasteiger partial charge in [-0.15, -0.1) is 24.8 Å². The van der Waals surface area contributed by atoms with Gasteiger partial charge in [0.15, 0.2) is 0 Å². The van der Waals surface area contributed by atoms with Crippen LogP contribution in [0.3, 0.4) is 0 Å². The predicted molar refractivity (Wildman–Crippen MR) is 194 cm³/mol. The van der Waals surface area contributed by atoms with Crippen molar-refractivity contribution in [1.29, 1.82) is 0 Å². The van der Waals surface area contributed by atoms with Crippen molar-refractivity contribution in [2.45, 2.75) is 26.7 Å². The zero-order valence-electron chi connectivity index (χ0n) is 25.1. The number of benzene rings is 6. The molecule has 6 aromatic rings. The van der Waals surface area contributed by atoms with Crippen LogP contribution in [0.1, 0.15) is 28.7 Å². The number of rotatable bonds is 4. The molecule has 8 rings (SSSR count). The molecule has 0 nitrogen and oxygen atoms in total. The first-order chi connectivity index (χ1) is 20.5. The van der Waals surface area contributed by atoms with Gasteiger partial charge in [0.25, 0.3) is 0 Å². The number of fused-ring (bicyclic) bond motifs is 8. The van der Waals surface area contributed by atoms with Crippen molar-refractivity contribution < 1.29 is 18.0 Å². The molecule has 0 fully saturated rings. The van der Waals surface area contributed by atoms with E-state index in [2.05, 4.69) is 147 Å². The minimum absolute atomic E-state index is 0. The maximum atomic E-state index is 5.67. The van der Waals surface area contributed by atoms with E-state index in [-0.39, 0.29) is 24.8 Å². The Labute approximate surface area is 273 Å². The molecule has 0 N–H and O–H groups in total. The normalized spacial score (nSPS) is 13.7. The molecule has 0 bridgehead atoms. The van der Waals surface area contributed by atoms with E-state index >= 15 is 0 Å². The summed E-state index contributed by atoms with van der Waals surface area (Å²) in [6.45, 7) is 4.38. The molecule has 0 heterocycles. The molecule has 0 unspecified atom stereocenters. The molecule has 2 aliphatic carbocycles. The zero-order chi connectivity index (χ0) is 28.5. The summed E-state index contributed by atoms with van der Waals surface area (Å²) < 4.78 is 11.5. The molecular formula is C41H36Cl2Hf. The number of allylic oxidation sites excluding steroid dienone is 4. The van der Waals surface area contributed by atoms with Crippen LogP contribution in [0.15, 0.2) is 137 Å². The van der Waals surface area contributed by atoms with Gasteiger partial charge in [0.2, 0.25) is 0 Å². The molecule has 3 heteroatoms. The molecule has 218 valence electrons. The average molecular weight is 778 g/mol. The number of halogens is 2. The molecule has 0 atom stereocenters. The van der Waals surface area contributed by atoms with Crippen LogP contribution in [0.5, 0.6) is 0 Å². The van der Waals surface area contributed by atoms with Gasteiger partial charge < -0.3 is 0 Å². The van der Waals surface area contributed by atoms with Gasteiger partial charge in [0.05, 0.1) is 0 Å². The Hall–Kier alpha value is -3.36. The molecule has 0 saturated heterocycles. The van der Waals surface area contributed by atoms with Crippen LogP contribution in [0.2, 0.25) is 0 Å². The topological polar surface area (TPSA) is 0 Å². The number of aryl methyl sites for hydroxylation is 2. The van der Waals surface area contributed by atoms with Crippen LogP contribution in [-0.4, -0.2) is 4.26 Å². The molecular weight excluding hydrogens is 742 g/mol. The Balaban J connectivity index is 0.00000171. The van der Waals surface area contributed by atoms with Gasteiger partial charge in [-0.25, -0.2) is 0 Å². The van der Waals surface area contributed by atoms with Crippen LogP contribution in [0, 0.1) is 13.8 Å². The standard InChI is InChI=1S/C21H13.2C7H7.C5H5.CH2.2ClH.Hf/c1-2-8-15-14(7-1)13-20-18-11-4-3-9-16(18)17-10-5-6-12-19(17)21(15)20;2*1-7-5-3-2-4-6-7;1-2-4-5-3-1;;;;/h1-10,12H,13H2;2*3-6H,1H3;1-3H,4H2;1H2;2*1H;. The van der Waals surface area contributed by atoms with Crippen molar-refractivity contribution in [2.75, 3.05) is 0 Å². The van der Waals surface area contributed by atoms with Crippen LogP contribution in [0.4, 0.5) is 0 Å². The Bertz CT molecular complexity index is 2150. The first kappa shape index (κ1) is 30.7. The van der Waals surface area contributed by atoms with Crippen LogP contribution < -0.4 is 9.96 Å². The Morgan fingerprint density at radius 3 is 1.84 bits per heavy atom. The second kappa shape index (κ2) is 11.2. The molecule has 0 saturated carbocycles. The SMILES string of the molecule is Cl.Cl.[CH2]=[Hf]([C]1=CC=CC1)([c]1ccc(C)cc1)([c]1ccc(C)cc1)[c]1cccc2c1c1c(c3ccccc32)-c2ccccc2C1. The van der Waals surface area contributed by atoms with Gasteiger partial charge in [0, 0.05) is 0 Å². The first-order valence-electron chi connectivity index (χ1n) is 15.1. The van der Waals surface area contributed by atoms with Crippen molar-refractivity contribution in [1.82, 2.24) is 0 Å². The van der Waals surface area contributed by atoms with E-state index in [9.17, 15) is 0 Å². The summed E-state index contributed by atoms with van der Waals surface area (Å²) in [6.07, 6.45) is 8.92. The van der Waals surface area contributed by atoms with E-state index in [1.54, 1.807) is 0 Å². The van der Waals surface area contributed by atoms with Crippen LogP contribution in [0.25, 0.3) is 32.7 Å². The van der Waals surface area contributed by atoms with Crippen molar-refractivity contribution in [2.24, 2.45) is 0 Å². The van der Waals surface area contributed by atoms with Crippen LogP contribution in [-0.2, 0) is 24.4 Å². The molecule has 0 aromatic heterocycles. The first-order valence-corrected chi connectivity index (χ1v) is 24.8. The molecule has 0 spiro atoms. The van der Waals surface area contributed by atoms with E-state index in [1.165, 1.54) is 68.2 Å². The summed E-state index contributed by atoms with van der Waals surface area (Å²) in [5.41, 5.74) is 8.26. The summed E-state index contributed by atoms with van der Waals surface area (Å²) in [5.74, 6) is 0. The third kappa shape index (κ3) is 4.09. The predicted octanol–water partition coefficient (Wildman–Crippen LogP) is 9.27. The fourth-order valence-electron chi connectivity index (χ4n) is 8.10. The Morgan fingerprint density at radius 2 is 1.20 bits per heavy atom. The fourth-order valence-corrected chi connectivity index (χ4v) is 30.3. The van der Waals surface area contributed by atoms with E-state index in [0.717, 1.165) is 12.8 Å². The van der Waals surface area contributed by atoms with Gasteiger partial charge >= 0.3 is 251 Å². The zero-order valence-corrected chi connectivity index (χ0v) is 30.4. The molecule has 0 amide bonds. The number of hydrogen-bond acceptors (Lipinski definition) is 0.